The van der Waals surface area contributed by atoms with Crippen LogP contribution in [0.3, 0.4) is 0 Å². The van der Waals surface area contributed by atoms with Gasteiger partial charge in [-0.2, -0.15) is 0 Å². The van der Waals surface area contributed by atoms with Crippen molar-refractivity contribution in [1.29, 1.82) is 0 Å². The average Bonchev–Trinajstić information content (AvgIpc) is 1.98. The lowest BCUT2D eigenvalue weighted by atomic mass is 10.3. The van der Waals surface area contributed by atoms with Crippen molar-refractivity contribution in [3.63, 3.8) is 0 Å². The summed E-state index contributed by atoms with van der Waals surface area (Å²) < 4.78 is 4.32. The monoisotopic (exact) mass is 146 g/mol. The molecule has 0 aliphatic heterocycles. The highest BCUT2D eigenvalue weighted by Gasteiger charge is 1.93. The molecule has 0 heterocycles. The Labute approximate surface area is 60.9 Å². The number of nitrogens with one attached hydrogen (secondary N) is 2. The second kappa shape index (κ2) is 6.35. The summed E-state index contributed by atoms with van der Waals surface area (Å²) in [5.74, 6) is 0. The maximum atomic E-state index is 10.4. The quantitative estimate of drug-likeness (QED) is 0.452. The summed E-state index contributed by atoms with van der Waals surface area (Å²) in [6.07, 6.45) is 1.70. The van der Waals surface area contributed by atoms with Gasteiger partial charge in [0, 0.05) is 6.54 Å². The zero-order chi connectivity index (χ0) is 7.82. The number of methoxy groups -OCH3 is 1. The van der Waals surface area contributed by atoms with Crippen molar-refractivity contribution in [1.82, 2.24) is 10.9 Å². The van der Waals surface area contributed by atoms with Crippen molar-refractivity contribution < 1.29 is 9.53 Å². The fourth-order valence-electron chi connectivity index (χ4n) is 0.451. The molecule has 0 fully saturated rings. The standard InChI is InChI=1S/C6H14N2O2/c1-3-4-5-7-8-6(9)10-2/h7H,3-5H2,1-2H3,(H,8,9). The van der Waals surface area contributed by atoms with E-state index >= 15 is 0 Å². The molecule has 4 heteroatoms. The molecule has 0 aromatic carbocycles. The van der Waals surface area contributed by atoms with Crippen molar-refractivity contribution in [3.05, 3.63) is 0 Å². The van der Waals surface area contributed by atoms with Gasteiger partial charge in [0.1, 0.15) is 0 Å². The van der Waals surface area contributed by atoms with E-state index in [1.807, 2.05) is 0 Å². The number of hydrazine groups is 1. The van der Waals surface area contributed by atoms with Crippen LogP contribution < -0.4 is 10.9 Å². The molecule has 2 N–H and O–H groups in total. The average molecular weight is 146 g/mol. The van der Waals surface area contributed by atoms with E-state index in [0.29, 0.717) is 0 Å². The van der Waals surface area contributed by atoms with E-state index in [0.717, 1.165) is 19.4 Å². The van der Waals surface area contributed by atoms with Crippen LogP contribution in [0.15, 0.2) is 0 Å². The molecule has 0 rings (SSSR count). The van der Waals surface area contributed by atoms with Crippen LogP contribution in [-0.2, 0) is 4.74 Å². The summed E-state index contributed by atoms with van der Waals surface area (Å²) >= 11 is 0. The zero-order valence-electron chi connectivity index (χ0n) is 6.44. The van der Waals surface area contributed by atoms with Gasteiger partial charge in [-0.3, -0.25) is 5.43 Å². The molecule has 0 radical (unpaired) electrons. The lowest BCUT2D eigenvalue weighted by molar-refractivity contribution is 0.165. The molecule has 60 valence electrons. The minimum Gasteiger partial charge on any atom is -0.452 e. The first-order valence-electron chi connectivity index (χ1n) is 3.38. The second-order valence-electron chi connectivity index (χ2n) is 1.90. The van der Waals surface area contributed by atoms with Gasteiger partial charge >= 0.3 is 6.09 Å². The van der Waals surface area contributed by atoms with Crippen molar-refractivity contribution in [2.24, 2.45) is 0 Å². The van der Waals surface area contributed by atoms with Gasteiger partial charge in [-0.05, 0) is 6.42 Å². The van der Waals surface area contributed by atoms with E-state index in [1.165, 1.54) is 7.11 Å². The predicted octanol–water partition coefficient (Wildman–Crippen LogP) is 0.647. The van der Waals surface area contributed by atoms with Gasteiger partial charge < -0.3 is 4.74 Å². The Hall–Kier alpha value is -0.770. The molecule has 0 spiro atoms. The number of ether oxygens (including phenoxy) is 1. The molecule has 0 aliphatic rings. The van der Waals surface area contributed by atoms with Crippen LogP contribution in [0.2, 0.25) is 0 Å². The Morgan fingerprint density at radius 2 is 2.30 bits per heavy atom. The number of amides is 1. The van der Waals surface area contributed by atoms with Crippen molar-refractivity contribution in [2.75, 3.05) is 13.7 Å². The molecule has 4 nitrogen and oxygen atoms in total. The Morgan fingerprint density at radius 3 is 2.80 bits per heavy atom. The minimum absolute atomic E-state index is 0.448. The van der Waals surface area contributed by atoms with Crippen LogP contribution in [-0.4, -0.2) is 19.7 Å². The Morgan fingerprint density at radius 1 is 1.60 bits per heavy atom. The van der Waals surface area contributed by atoms with E-state index < -0.39 is 6.09 Å². The molecule has 0 bridgehead atoms. The summed E-state index contributed by atoms with van der Waals surface area (Å²) in [5, 5.41) is 0. The van der Waals surface area contributed by atoms with Crippen molar-refractivity contribution >= 4 is 6.09 Å². The van der Waals surface area contributed by atoms with E-state index in [4.69, 9.17) is 0 Å². The smallest absolute Gasteiger partial charge is 0.421 e. The van der Waals surface area contributed by atoms with Crippen LogP contribution in [0.4, 0.5) is 4.79 Å². The fourth-order valence-corrected chi connectivity index (χ4v) is 0.451. The third-order valence-corrected chi connectivity index (χ3v) is 1.03. The number of hydrogen-bond donors (Lipinski definition) is 2. The van der Waals surface area contributed by atoms with Gasteiger partial charge in [0.15, 0.2) is 0 Å². The largest absolute Gasteiger partial charge is 0.452 e. The van der Waals surface area contributed by atoms with E-state index in [1.54, 1.807) is 0 Å². The Balaban J connectivity index is 2.96. The summed E-state index contributed by atoms with van der Waals surface area (Å²) in [5.41, 5.74) is 5.07. The molecule has 1 amide bonds. The molecule has 0 saturated carbocycles. The highest BCUT2D eigenvalue weighted by atomic mass is 16.5. The molecule has 0 aromatic rings. The third-order valence-electron chi connectivity index (χ3n) is 1.03. The first-order valence-corrected chi connectivity index (χ1v) is 3.38. The highest BCUT2D eigenvalue weighted by molar-refractivity contribution is 5.66. The topological polar surface area (TPSA) is 50.4 Å². The van der Waals surface area contributed by atoms with Crippen molar-refractivity contribution in [2.45, 2.75) is 19.8 Å². The van der Waals surface area contributed by atoms with Gasteiger partial charge in [0.25, 0.3) is 0 Å². The first-order chi connectivity index (χ1) is 4.81. The third kappa shape index (κ3) is 5.37. The normalized spacial score (nSPS) is 9.00. The van der Waals surface area contributed by atoms with Gasteiger partial charge in [-0.25, -0.2) is 10.2 Å². The van der Waals surface area contributed by atoms with Gasteiger partial charge in [0.05, 0.1) is 7.11 Å². The fraction of sp³-hybridized carbons (Fsp3) is 0.833. The molecule has 0 atom stereocenters. The Bertz CT molecular complexity index is 95.7. The second-order valence-corrected chi connectivity index (χ2v) is 1.90. The summed E-state index contributed by atoms with van der Waals surface area (Å²) in [7, 11) is 1.33. The summed E-state index contributed by atoms with van der Waals surface area (Å²) in [4.78, 5) is 10.4. The number of unbranched alkanes of at least 4 members (excludes halogenated alkanes) is 1. The van der Waals surface area contributed by atoms with Gasteiger partial charge in [-0.15, -0.1) is 0 Å². The SMILES string of the molecule is CCCCNNC(=O)OC. The van der Waals surface area contributed by atoms with Crippen LogP contribution in [0, 0.1) is 0 Å². The van der Waals surface area contributed by atoms with Gasteiger partial charge in [0.2, 0.25) is 0 Å². The molecule has 10 heavy (non-hydrogen) atoms. The lowest BCUT2D eigenvalue weighted by Crippen LogP contribution is -2.37. The maximum absolute atomic E-state index is 10.4. The maximum Gasteiger partial charge on any atom is 0.421 e. The highest BCUT2D eigenvalue weighted by Crippen LogP contribution is 1.80. The number of hydrogen-bond acceptors (Lipinski definition) is 3. The van der Waals surface area contributed by atoms with E-state index in [2.05, 4.69) is 22.5 Å². The molecular weight excluding hydrogens is 132 g/mol. The van der Waals surface area contributed by atoms with Gasteiger partial charge in [-0.1, -0.05) is 13.3 Å². The summed E-state index contributed by atoms with van der Waals surface area (Å²) in [6.45, 7) is 2.87. The number of carbonyl (C=O) groups is 1. The lowest BCUT2D eigenvalue weighted by Gasteiger charge is -2.03. The minimum atomic E-state index is -0.448. The predicted molar refractivity (Wildman–Crippen MR) is 38.5 cm³/mol. The van der Waals surface area contributed by atoms with Crippen LogP contribution in [0.5, 0.6) is 0 Å². The Kier molecular flexibility index (Phi) is 5.86. The molecule has 0 aromatic heterocycles. The first kappa shape index (κ1) is 9.23. The number of carbonyl (C=O) groups excluding carboxylic acids is 1. The molecular formula is C6H14N2O2. The molecule has 0 aliphatic carbocycles. The van der Waals surface area contributed by atoms with E-state index in [-0.39, 0.29) is 0 Å². The molecule has 0 saturated heterocycles. The van der Waals surface area contributed by atoms with Crippen LogP contribution in [0.25, 0.3) is 0 Å². The van der Waals surface area contributed by atoms with E-state index in [9.17, 15) is 4.79 Å². The van der Waals surface area contributed by atoms with Crippen molar-refractivity contribution in [3.8, 4) is 0 Å². The van der Waals surface area contributed by atoms with Crippen LogP contribution >= 0.6 is 0 Å². The summed E-state index contributed by atoms with van der Waals surface area (Å²) in [6, 6.07) is 0. The van der Waals surface area contributed by atoms with Crippen LogP contribution in [0.1, 0.15) is 19.8 Å². The zero-order valence-corrected chi connectivity index (χ0v) is 6.44. The number of rotatable bonds is 4. The molecule has 0 unspecified atom stereocenters.